The van der Waals surface area contributed by atoms with Crippen LogP contribution in [0.5, 0.6) is 0 Å². The van der Waals surface area contributed by atoms with Crippen LogP contribution in [-0.2, 0) is 40.3 Å². The highest BCUT2D eigenvalue weighted by molar-refractivity contribution is 7.58. The number of H-pyrrole nitrogens is 1. The molecule has 4 N–H and O–H groups in total. The van der Waals surface area contributed by atoms with Gasteiger partial charge in [-0.15, -0.1) is 5.10 Å². The summed E-state index contributed by atoms with van der Waals surface area (Å²) in [6.45, 7) is 11.3. The Morgan fingerprint density at radius 2 is 1.89 bits per heavy atom. The number of carbonyl (C=O) groups is 5. The average molecular weight is 880 g/mol. The molecule has 4 heterocycles. The molecule has 2 aliphatic heterocycles. The minimum absolute atomic E-state index is 0.0111. The molecule has 5 amide bonds. The van der Waals surface area contributed by atoms with Gasteiger partial charge in [0, 0.05) is 68.4 Å². The fourth-order valence-corrected chi connectivity index (χ4v) is 9.44. The first kappa shape index (κ1) is 45.2. The molecule has 2 aliphatic rings. The van der Waals surface area contributed by atoms with Gasteiger partial charge in [-0.1, -0.05) is 49.4 Å². The Balaban J connectivity index is 0.820. The lowest BCUT2D eigenvalue weighted by molar-refractivity contribution is -0.125. The first-order valence-electron chi connectivity index (χ1n) is 21.3. The highest BCUT2D eigenvalue weighted by Gasteiger charge is 2.40. The summed E-state index contributed by atoms with van der Waals surface area (Å²) in [5.41, 5.74) is 7.10. The SMILES string of the molecule is CC(CCC(=O)NC=O)N1C(=O)c2cccc(NP(C)COCC(C)(C)Cn3cc(CCCCN(C)Cc4ccc(-c5[nH]c6cc(F)cc7c6c5CCNC7=O)cc4)nn3)c2C1=O. The molecular weight excluding hydrogens is 825 g/mol. The summed E-state index contributed by atoms with van der Waals surface area (Å²) >= 11 is 0. The smallest absolute Gasteiger partial charge is 0.263 e. The van der Waals surface area contributed by atoms with Crippen molar-refractivity contribution in [2.24, 2.45) is 5.41 Å². The molecule has 0 saturated carbocycles. The highest BCUT2D eigenvalue weighted by Crippen LogP contribution is 2.39. The van der Waals surface area contributed by atoms with Gasteiger partial charge in [-0.25, -0.2) is 4.39 Å². The number of halogens is 1. The second kappa shape index (κ2) is 19.7. The van der Waals surface area contributed by atoms with Gasteiger partial charge in [-0.05, 0) is 100 Å². The van der Waals surface area contributed by atoms with E-state index < -0.39 is 37.7 Å². The van der Waals surface area contributed by atoms with Crippen molar-refractivity contribution in [1.82, 2.24) is 40.4 Å². The Hall–Kier alpha value is -5.83. The number of carbonyl (C=O) groups excluding carboxylic acids is 5. The summed E-state index contributed by atoms with van der Waals surface area (Å²) in [5, 5.41) is 18.0. The number of hydrogen-bond donors (Lipinski definition) is 4. The van der Waals surface area contributed by atoms with Gasteiger partial charge in [-0.2, -0.15) is 0 Å². The van der Waals surface area contributed by atoms with E-state index in [4.69, 9.17) is 4.74 Å². The quantitative estimate of drug-likeness (QED) is 0.0276. The lowest BCUT2D eigenvalue weighted by atomic mass is 9.95. The monoisotopic (exact) mass is 879 g/mol. The average Bonchev–Trinajstić information content (AvgIpc) is 3.88. The number of nitrogens with zero attached hydrogens (tertiary/aromatic N) is 5. The predicted octanol–water partition coefficient (Wildman–Crippen LogP) is 6.48. The highest BCUT2D eigenvalue weighted by atomic mass is 31.1. The molecule has 0 radical (unpaired) electrons. The van der Waals surface area contributed by atoms with Gasteiger partial charge in [0.25, 0.3) is 17.7 Å². The van der Waals surface area contributed by atoms with Crippen LogP contribution in [0.1, 0.15) is 94.3 Å². The van der Waals surface area contributed by atoms with Crippen molar-refractivity contribution in [1.29, 1.82) is 0 Å². The topological polar surface area (TPSA) is 184 Å². The van der Waals surface area contributed by atoms with Crippen molar-refractivity contribution < 1.29 is 33.1 Å². The van der Waals surface area contributed by atoms with Crippen molar-refractivity contribution in [3.63, 3.8) is 0 Å². The number of nitrogens with one attached hydrogen (secondary N) is 4. The molecule has 5 aromatic rings. The van der Waals surface area contributed by atoms with Crippen LogP contribution in [-0.4, -0.2) is 106 Å². The molecule has 2 aromatic heterocycles. The van der Waals surface area contributed by atoms with Crippen LogP contribution in [0.3, 0.4) is 0 Å². The molecule has 0 spiro atoms. The third kappa shape index (κ3) is 10.7. The molecule has 0 fully saturated rings. The summed E-state index contributed by atoms with van der Waals surface area (Å²) in [6.07, 6.45) is 6.49. The second-order valence-electron chi connectivity index (χ2n) is 17.4. The molecule has 15 nitrogen and oxygen atoms in total. The van der Waals surface area contributed by atoms with Crippen molar-refractivity contribution >= 4 is 54.7 Å². The zero-order valence-electron chi connectivity index (χ0n) is 36.4. The van der Waals surface area contributed by atoms with E-state index in [9.17, 15) is 28.4 Å². The zero-order chi connectivity index (χ0) is 44.8. The van der Waals surface area contributed by atoms with Crippen molar-refractivity contribution in [3.05, 3.63) is 100 Å². The van der Waals surface area contributed by atoms with Crippen LogP contribution in [0, 0.1) is 11.2 Å². The van der Waals surface area contributed by atoms with E-state index in [1.54, 1.807) is 25.1 Å². The fourth-order valence-electron chi connectivity index (χ4n) is 8.41. The van der Waals surface area contributed by atoms with Gasteiger partial charge in [0.2, 0.25) is 12.3 Å². The number of ether oxygens (including phenoxy) is 1. The van der Waals surface area contributed by atoms with E-state index in [2.05, 4.69) is 81.1 Å². The molecule has 2 atom stereocenters. The minimum atomic E-state index is -0.900. The zero-order valence-corrected chi connectivity index (χ0v) is 37.3. The van der Waals surface area contributed by atoms with Crippen LogP contribution in [0.4, 0.5) is 10.1 Å². The van der Waals surface area contributed by atoms with Gasteiger partial charge in [0.05, 0.1) is 41.0 Å². The van der Waals surface area contributed by atoms with Gasteiger partial charge in [0.15, 0.2) is 0 Å². The van der Waals surface area contributed by atoms with E-state index in [0.29, 0.717) is 66.8 Å². The summed E-state index contributed by atoms with van der Waals surface area (Å²) in [7, 11) is 1.22. The van der Waals surface area contributed by atoms with Gasteiger partial charge in [0.1, 0.15) is 5.82 Å². The Kier molecular flexibility index (Phi) is 14.1. The first-order chi connectivity index (χ1) is 30.2. The molecule has 7 rings (SSSR count). The van der Waals surface area contributed by atoms with Crippen LogP contribution >= 0.6 is 8.07 Å². The maximum Gasteiger partial charge on any atom is 0.263 e. The standard InChI is InChI=1S/C46H55FN9O6P/c1-29(12-17-39(58)49-27-57)56-44(60)35-10-8-11-37(41(35)45(56)61)52-63(5)28-62-26-46(2,3)25-55-24-33(51-53-55)9-6-7-20-54(4)23-30-13-15-31(16-14-30)42-34-18-19-48-43(59)36-21-32(47)22-38(50-42)40(34)36/h8,10-11,13-16,21-22,24,27,29,50,52H,6-7,9,12,17-20,23,25-26,28H2,1-5H3,(H,48,59)(H,49,57,58). The van der Waals surface area contributed by atoms with Crippen LogP contribution in [0.15, 0.2) is 60.8 Å². The number of anilines is 1. The number of aryl methyl sites for hydroxylation is 1. The number of hydrogen-bond acceptors (Lipinski definition) is 10. The summed E-state index contributed by atoms with van der Waals surface area (Å²) in [4.78, 5) is 68.4. The molecule has 0 bridgehead atoms. The van der Waals surface area contributed by atoms with Crippen molar-refractivity contribution in [2.45, 2.75) is 78.4 Å². The number of aromatic nitrogens is 4. The van der Waals surface area contributed by atoms with E-state index in [0.717, 1.165) is 60.3 Å². The van der Waals surface area contributed by atoms with Crippen LogP contribution < -0.4 is 15.7 Å². The van der Waals surface area contributed by atoms with Crippen LogP contribution in [0.2, 0.25) is 0 Å². The largest absolute Gasteiger partial charge is 0.375 e. The number of aromatic amines is 1. The van der Waals surface area contributed by atoms with Gasteiger partial charge < -0.3 is 25.0 Å². The molecular formula is C46H55FN9O6P. The molecule has 332 valence electrons. The minimum Gasteiger partial charge on any atom is -0.375 e. The molecule has 2 unspecified atom stereocenters. The lowest BCUT2D eigenvalue weighted by Gasteiger charge is -2.25. The summed E-state index contributed by atoms with van der Waals surface area (Å²) in [5.74, 6) is -1.95. The van der Waals surface area contributed by atoms with E-state index in [1.807, 2.05) is 17.5 Å². The Labute approximate surface area is 367 Å². The molecule has 0 saturated heterocycles. The Morgan fingerprint density at radius 3 is 2.67 bits per heavy atom. The number of amides is 5. The molecule has 3 aromatic carbocycles. The third-order valence-electron chi connectivity index (χ3n) is 11.5. The fraction of sp³-hybridized carbons (Fsp3) is 0.413. The van der Waals surface area contributed by atoms with E-state index in [-0.39, 0.29) is 24.2 Å². The summed E-state index contributed by atoms with van der Waals surface area (Å²) in [6, 6.07) is 15.8. The lowest BCUT2D eigenvalue weighted by Crippen LogP contribution is -2.38. The van der Waals surface area contributed by atoms with E-state index in [1.165, 1.54) is 22.6 Å². The number of fused-ring (bicyclic) bond motifs is 1. The van der Waals surface area contributed by atoms with Crippen molar-refractivity contribution in [3.8, 4) is 11.3 Å². The van der Waals surface area contributed by atoms with Gasteiger partial charge >= 0.3 is 0 Å². The first-order valence-corrected chi connectivity index (χ1v) is 23.3. The van der Waals surface area contributed by atoms with Crippen LogP contribution in [0.25, 0.3) is 22.2 Å². The summed E-state index contributed by atoms with van der Waals surface area (Å²) < 4.78 is 22.4. The second-order valence-corrected chi connectivity index (χ2v) is 19.3. The predicted molar refractivity (Wildman–Crippen MR) is 240 cm³/mol. The number of benzene rings is 3. The van der Waals surface area contributed by atoms with Crippen molar-refractivity contribution in [2.75, 3.05) is 44.8 Å². The number of unbranched alkanes of at least 4 members (excludes halogenated alkanes) is 1. The maximum atomic E-state index is 14.3. The molecule has 63 heavy (non-hydrogen) atoms. The maximum absolute atomic E-state index is 14.3. The van der Waals surface area contributed by atoms with Gasteiger partial charge in [-0.3, -0.25) is 38.9 Å². The number of imide groups is 2. The molecule has 17 heteroatoms. The molecule has 0 aliphatic carbocycles. The third-order valence-corrected chi connectivity index (χ3v) is 12.6. The Morgan fingerprint density at radius 1 is 1.10 bits per heavy atom. The Bertz CT molecular complexity index is 2500. The normalized spacial score (nSPS) is 14.8. The van der Waals surface area contributed by atoms with E-state index >= 15 is 0 Å². The number of rotatable bonds is 21.